The number of hydrogen-bond acceptors (Lipinski definition) is 3. The molecule has 5 heteroatoms. The minimum atomic E-state index is -1.39. The Bertz CT molecular complexity index is 440. The van der Waals surface area contributed by atoms with E-state index < -0.39 is 18.1 Å². The molecule has 2 fully saturated rings. The number of hydrogen-bond donors (Lipinski definition) is 0. The summed E-state index contributed by atoms with van der Waals surface area (Å²) in [7, 11) is 1.85. The van der Waals surface area contributed by atoms with Crippen molar-refractivity contribution in [3.8, 4) is 0 Å². The highest BCUT2D eigenvalue weighted by molar-refractivity contribution is 6.12. The lowest BCUT2D eigenvalue weighted by Gasteiger charge is -2.48. The third-order valence-corrected chi connectivity index (χ3v) is 4.17. The molecule has 1 unspecified atom stereocenters. The summed E-state index contributed by atoms with van der Waals surface area (Å²) in [5.74, 6) is -0.178. The molecule has 0 aliphatic carbocycles. The second-order valence-corrected chi connectivity index (χ2v) is 5.56. The Balaban J connectivity index is 1.81. The fourth-order valence-electron chi connectivity index (χ4n) is 2.66. The van der Waals surface area contributed by atoms with Gasteiger partial charge in [0.15, 0.2) is 6.29 Å². The average Bonchev–Trinajstić information content (AvgIpc) is 2.44. The second-order valence-electron chi connectivity index (χ2n) is 5.56. The van der Waals surface area contributed by atoms with Gasteiger partial charge in [-0.25, -0.2) is 4.39 Å². The smallest absolute Gasteiger partial charge is 0.184 e. The van der Waals surface area contributed by atoms with Crippen LogP contribution in [0, 0.1) is 0 Å². The van der Waals surface area contributed by atoms with Crippen LogP contribution in [-0.2, 0) is 14.2 Å². The van der Waals surface area contributed by atoms with Crippen molar-refractivity contribution < 1.29 is 18.6 Å². The Morgan fingerprint density at radius 3 is 2.68 bits per heavy atom. The van der Waals surface area contributed by atoms with E-state index in [0.29, 0.717) is 13.2 Å². The normalized spacial score (nSPS) is 42.6. The van der Waals surface area contributed by atoms with Crippen LogP contribution in [0.15, 0.2) is 30.3 Å². The van der Waals surface area contributed by atoms with Gasteiger partial charge in [-0.05, 0) is 12.7 Å². The number of benzene rings is 1. The van der Waals surface area contributed by atoms with Gasteiger partial charge in [-0.1, -0.05) is 30.3 Å². The Morgan fingerprint density at radius 2 is 1.95 bits per heavy atom. The van der Waals surface area contributed by atoms with Gasteiger partial charge < -0.3 is 14.2 Å². The van der Waals surface area contributed by atoms with Crippen molar-refractivity contribution in [2.75, 3.05) is 13.2 Å². The molecule has 0 N–H and O–H groups in total. The summed E-state index contributed by atoms with van der Waals surface area (Å²) in [5.41, 5.74) is -0.477. The second kappa shape index (κ2) is 4.89. The van der Waals surface area contributed by atoms with Gasteiger partial charge in [0.05, 0.1) is 6.61 Å². The highest BCUT2D eigenvalue weighted by atomic mass is 19.1. The van der Waals surface area contributed by atoms with Crippen molar-refractivity contribution >= 4 is 7.85 Å². The minimum absolute atomic E-state index is 0.178. The molecule has 0 radical (unpaired) electrons. The maximum Gasteiger partial charge on any atom is 0.184 e. The first-order valence-corrected chi connectivity index (χ1v) is 6.71. The van der Waals surface area contributed by atoms with Crippen LogP contribution in [0.4, 0.5) is 4.39 Å². The van der Waals surface area contributed by atoms with Crippen LogP contribution in [0.3, 0.4) is 0 Å². The van der Waals surface area contributed by atoms with E-state index in [4.69, 9.17) is 14.2 Å². The summed E-state index contributed by atoms with van der Waals surface area (Å²) < 4.78 is 31.9. The Hall–Kier alpha value is -0.905. The van der Waals surface area contributed by atoms with Crippen molar-refractivity contribution in [2.45, 2.75) is 36.9 Å². The third kappa shape index (κ3) is 2.31. The molecule has 5 atom stereocenters. The van der Waals surface area contributed by atoms with Crippen LogP contribution in [0.25, 0.3) is 0 Å². The van der Waals surface area contributed by atoms with Gasteiger partial charge in [-0.3, -0.25) is 0 Å². The van der Waals surface area contributed by atoms with Crippen LogP contribution < -0.4 is 0 Å². The van der Waals surface area contributed by atoms with Crippen LogP contribution in [0.1, 0.15) is 18.8 Å². The van der Waals surface area contributed by atoms with Gasteiger partial charge in [0.2, 0.25) is 0 Å². The number of rotatable bonds is 1. The lowest BCUT2D eigenvalue weighted by Crippen LogP contribution is -2.58. The SMILES string of the molecule is B[C@@H]1CO[C@@H]2CO[C@@H](c3ccccc3)OC2[C@@]1(C)F. The number of ether oxygens (including phenoxy) is 3. The molecule has 0 spiro atoms. The van der Waals surface area contributed by atoms with Gasteiger partial charge >= 0.3 is 0 Å². The predicted molar refractivity (Wildman–Crippen MR) is 71.6 cm³/mol. The summed E-state index contributed by atoms with van der Waals surface area (Å²) in [6.07, 6.45) is -1.40. The molecule has 1 aromatic carbocycles. The lowest BCUT2D eigenvalue weighted by molar-refractivity contribution is -0.307. The van der Waals surface area contributed by atoms with Crippen molar-refractivity contribution in [3.05, 3.63) is 35.9 Å². The maximum atomic E-state index is 14.8. The Labute approximate surface area is 113 Å². The molecule has 2 heterocycles. The van der Waals surface area contributed by atoms with Crippen LogP contribution in [-0.4, -0.2) is 38.9 Å². The lowest BCUT2D eigenvalue weighted by atomic mass is 9.70. The summed E-state index contributed by atoms with van der Waals surface area (Å²) in [6, 6.07) is 9.62. The molecule has 3 rings (SSSR count). The Kier molecular flexibility index (Phi) is 3.37. The number of halogens is 1. The molecular weight excluding hydrogens is 246 g/mol. The first-order chi connectivity index (χ1) is 9.09. The molecule has 2 aliphatic rings. The summed E-state index contributed by atoms with van der Waals surface area (Å²) in [6.45, 7) is 2.39. The van der Waals surface area contributed by atoms with Crippen molar-refractivity contribution in [3.63, 3.8) is 0 Å². The average molecular weight is 264 g/mol. The molecule has 102 valence electrons. The van der Waals surface area contributed by atoms with E-state index in [-0.39, 0.29) is 11.9 Å². The van der Waals surface area contributed by atoms with E-state index >= 15 is 0 Å². The van der Waals surface area contributed by atoms with Crippen molar-refractivity contribution in [2.24, 2.45) is 0 Å². The van der Waals surface area contributed by atoms with E-state index in [1.165, 1.54) is 0 Å². The van der Waals surface area contributed by atoms with E-state index in [0.717, 1.165) is 5.56 Å². The zero-order valence-electron chi connectivity index (χ0n) is 11.2. The summed E-state index contributed by atoms with van der Waals surface area (Å²) in [4.78, 5) is 0. The number of alkyl halides is 1. The molecule has 2 aliphatic heterocycles. The van der Waals surface area contributed by atoms with Crippen LogP contribution in [0.2, 0.25) is 5.82 Å². The zero-order chi connectivity index (χ0) is 13.5. The van der Waals surface area contributed by atoms with Crippen LogP contribution in [0.5, 0.6) is 0 Å². The first-order valence-electron chi connectivity index (χ1n) is 6.71. The summed E-state index contributed by atoms with van der Waals surface area (Å²) >= 11 is 0. The molecule has 3 nitrogen and oxygen atoms in total. The van der Waals surface area contributed by atoms with Gasteiger partial charge in [0.25, 0.3) is 0 Å². The van der Waals surface area contributed by atoms with E-state index in [9.17, 15) is 4.39 Å². The van der Waals surface area contributed by atoms with E-state index in [2.05, 4.69) is 0 Å². The Morgan fingerprint density at radius 1 is 1.21 bits per heavy atom. The van der Waals surface area contributed by atoms with Gasteiger partial charge in [-0.2, -0.15) is 0 Å². The van der Waals surface area contributed by atoms with Gasteiger partial charge in [0, 0.05) is 12.2 Å². The fraction of sp³-hybridized carbons (Fsp3) is 0.571. The largest absolute Gasteiger partial charge is 0.373 e. The zero-order valence-corrected chi connectivity index (χ0v) is 11.2. The first kappa shape index (κ1) is 13.1. The number of fused-ring (bicyclic) bond motifs is 1. The molecule has 0 aromatic heterocycles. The molecule has 19 heavy (non-hydrogen) atoms. The standard InChI is InChI=1S/C14H18BFO3/c1-14(16)11(15)8-17-10-7-18-13(19-12(10)14)9-5-3-2-4-6-9/h2-6,10-13H,7-8,15H2,1H3/t10-,11-,12?,13-,14+/m1/s1. The highest BCUT2D eigenvalue weighted by Gasteiger charge is 2.52. The van der Waals surface area contributed by atoms with E-state index in [1.54, 1.807) is 6.92 Å². The predicted octanol–water partition coefficient (Wildman–Crippen LogP) is 1.65. The quantitative estimate of drug-likeness (QED) is 0.722. The molecular formula is C14H18BFO3. The van der Waals surface area contributed by atoms with Gasteiger partial charge in [-0.15, -0.1) is 0 Å². The summed E-state index contributed by atoms with van der Waals surface area (Å²) in [5, 5.41) is 0. The van der Waals surface area contributed by atoms with Crippen molar-refractivity contribution in [1.82, 2.24) is 0 Å². The molecule has 2 saturated heterocycles. The third-order valence-electron chi connectivity index (χ3n) is 4.17. The maximum absolute atomic E-state index is 14.8. The topological polar surface area (TPSA) is 27.7 Å². The van der Waals surface area contributed by atoms with Gasteiger partial charge in [0.1, 0.15) is 25.7 Å². The minimum Gasteiger partial charge on any atom is -0.373 e. The monoisotopic (exact) mass is 264 g/mol. The fourth-order valence-corrected chi connectivity index (χ4v) is 2.66. The highest BCUT2D eigenvalue weighted by Crippen LogP contribution is 2.42. The van der Waals surface area contributed by atoms with Crippen LogP contribution >= 0.6 is 0 Å². The molecule has 1 aromatic rings. The molecule has 0 saturated carbocycles. The van der Waals surface area contributed by atoms with E-state index in [1.807, 2.05) is 38.2 Å². The molecule has 0 amide bonds. The molecule has 0 bridgehead atoms. The van der Waals surface area contributed by atoms with Crippen molar-refractivity contribution in [1.29, 1.82) is 0 Å².